The first kappa shape index (κ1) is 20.1. The van der Waals surface area contributed by atoms with Gasteiger partial charge in [0.15, 0.2) is 5.16 Å². The fourth-order valence-electron chi connectivity index (χ4n) is 3.67. The lowest BCUT2D eigenvalue weighted by Crippen LogP contribution is -2.44. The van der Waals surface area contributed by atoms with E-state index in [0.29, 0.717) is 28.9 Å². The monoisotopic (exact) mass is 405 g/mol. The number of allylic oxidation sites excluding steroid dienone is 1. The average Bonchev–Trinajstić information content (AvgIpc) is 2.96. The highest BCUT2D eigenvalue weighted by molar-refractivity contribution is 7.99. The lowest BCUT2D eigenvalue weighted by molar-refractivity contribution is -0.132. The Bertz CT molecular complexity index is 916. The number of thiophene rings is 1. The van der Waals surface area contributed by atoms with E-state index in [4.69, 9.17) is 4.98 Å². The Morgan fingerprint density at radius 1 is 1.41 bits per heavy atom. The molecule has 1 aliphatic rings. The van der Waals surface area contributed by atoms with Gasteiger partial charge in [0.2, 0.25) is 5.91 Å². The molecule has 0 saturated carbocycles. The Kier molecular flexibility index (Phi) is 6.42. The van der Waals surface area contributed by atoms with E-state index < -0.39 is 0 Å². The Hall–Kier alpha value is -1.60. The molecular formula is C20H27N3O2S2. The molecule has 2 aromatic rings. The summed E-state index contributed by atoms with van der Waals surface area (Å²) in [5, 5.41) is 1.30. The van der Waals surface area contributed by atoms with Crippen LogP contribution in [0.15, 0.2) is 22.6 Å². The minimum atomic E-state index is -0.0406. The number of nitrogens with zero attached hydrogens (tertiary/aromatic N) is 3. The highest BCUT2D eigenvalue weighted by Gasteiger charge is 2.26. The predicted octanol–water partition coefficient (Wildman–Crippen LogP) is 4.14. The SMILES string of the molecule is C=CCn1c(SCC(=O)N2CCCCC2CC)nc2sc(C)c(C)c2c1=O. The summed E-state index contributed by atoms with van der Waals surface area (Å²) in [6.45, 7) is 11.1. The molecule has 1 unspecified atom stereocenters. The predicted molar refractivity (Wildman–Crippen MR) is 114 cm³/mol. The van der Waals surface area contributed by atoms with E-state index in [-0.39, 0.29) is 11.5 Å². The van der Waals surface area contributed by atoms with E-state index in [2.05, 4.69) is 13.5 Å². The van der Waals surface area contributed by atoms with Crippen molar-refractivity contribution in [3.8, 4) is 0 Å². The van der Waals surface area contributed by atoms with Crippen LogP contribution in [0.4, 0.5) is 0 Å². The summed E-state index contributed by atoms with van der Waals surface area (Å²) in [5.74, 6) is 0.458. The molecule has 0 N–H and O–H groups in total. The second-order valence-corrected chi connectivity index (χ2v) is 9.14. The number of thioether (sulfide) groups is 1. The van der Waals surface area contributed by atoms with E-state index in [1.54, 1.807) is 22.0 Å². The quantitative estimate of drug-likeness (QED) is 0.412. The number of amides is 1. The van der Waals surface area contributed by atoms with Gasteiger partial charge in [-0.3, -0.25) is 14.2 Å². The third-order valence-electron chi connectivity index (χ3n) is 5.31. The number of hydrogen-bond donors (Lipinski definition) is 0. The fourth-order valence-corrected chi connectivity index (χ4v) is 5.64. The molecule has 3 heterocycles. The van der Waals surface area contributed by atoms with Crippen LogP contribution in [0, 0.1) is 13.8 Å². The summed E-state index contributed by atoms with van der Waals surface area (Å²) < 4.78 is 1.64. The number of hydrogen-bond acceptors (Lipinski definition) is 5. The number of piperidine rings is 1. The highest BCUT2D eigenvalue weighted by Crippen LogP contribution is 2.29. The molecule has 0 radical (unpaired) electrons. The molecule has 1 amide bonds. The zero-order chi connectivity index (χ0) is 19.6. The molecule has 7 heteroatoms. The first-order valence-electron chi connectivity index (χ1n) is 9.51. The van der Waals surface area contributed by atoms with Crippen LogP contribution >= 0.6 is 23.1 Å². The minimum absolute atomic E-state index is 0.0406. The van der Waals surface area contributed by atoms with Crippen molar-refractivity contribution in [1.82, 2.24) is 14.5 Å². The molecule has 2 aromatic heterocycles. The molecule has 0 aliphatic carbocycles. The summed E-state index contributed by atoms with van der Waals surface area (Å²) in [5.41, 5.74) is 0.957. The first-order chi connectivity index (χ1) is 13.0. The third kappa shape index (κ3) is 3.99. The van der Waals surface area contributed by atoms with Gasteiger partial charge in [0.1, 0.15) is 4.83 Å². The maximum Gasteiger partial charge on any atom is 0.263 e. The van der Waals surface area contributed by atoms with Crippen molar-refractivity contribution in [3.63, 3.8) is 0 Å². The van der Waals surface area contributed by atoms with Crippen LogP contribution in [-0.4, -0.2) is 38.7 Å². The van der Waals surface area contributed by atoms with E-state index in [9.17, 15) is 9.59 Å². The third-order valence-corrected chi connectivity index (χ3v) is 7.37. The largest absolute Gasteiger partial charge is 0.339 e. The molecule has 1 atom stereocenters. The Labute approximate surface area is 168 Å². The zero-order valence-electron chi connectivity index (χ0n) is 16.3. The van der Waals surface area contributed by atoms with Gasteiger partial charge < -0.3 is 4.90 Å². The van der Waals surface area contributed by atoms with Crippen molar-refractivity contribution in [2.24, 2.45) is 0 Å². The molecule has 5 nitrogen and oxygen atoms in total. The van der Waals surface area contributed by atoms with Crippen molar-refractivity contribution in [2.45, 2.75) is 64.2 Å². The van der Waals surface area contributed by atoms with Gasteiger partial charge in [-0.2, -0.15) is 0 Å². The topological polar surface area (TPSA) is 55.2 Å². The standard InChI is InChI=1S/C20H27N3O2S2/c1-5-10-23-19(25)17-13(3)14(4)27-18(17)21-20(23)26-12-16(24)22-11-8-7-9-15(22)6-2/h5,15H,1,6-12H2,2-4H3. The van der Waals surface area contributed by atoms with Gasteiger partial charge in [-0.1, -0.05) is 24.8 Å². The zero-order valence-corrected chi connectivity index (χ0v) is 17.9. The Balaban J connectivity index is 1.87. The van der Waals surface area contributed by atoms with Crippen LogP contribution in [0.3, 0.4) is 0 Å². The van der Waals surface area contributed by atoms with Crippen LogP contribution in [0.5, 0.6) is 0 Å². The number of aryl methyl sites for hydroxylation is 2. The second-order valence-electron chi connectivity index (χ2n) is 7.00. The van der Waals surface area contributed by atoms with Gasteiger partial charge in [-0.05, 0) is 45.1 Å². The molecule has 0 spiro atoms. The number of likely N-dealkylation sites (tertiary alicyclic amines) is 1. The molecule has 1 saturated heterocycles. The molecule has 1 fully saturated rings. The smallest absolute Gasteiger partial charge is 0.263 e. The molecular weight excluding hydrogens is 378 g/mol. The van der Waals surface area contributed by atoms with Gasteiger partial charge in [0, 0.05) is 24.0 Å². The van der Waals surface area contributed by atoms with Crippen LogP contribution in [0.25, 0.3) is 10.2 Å². The maximum absolute atomic E-state index is 13.0. The second kappa shape index (κ2) is 8.61. The van der Waals surface area contributed by atoms with Crippen LogP contribution in [-0.2, 0) is 11.3 Å². The van der Waals surface area contributed by atoms with Crippen LogP contribution in [0.2, 0.25) is 0 Å². The molecule has 0 bridgehead atoms. The van der Waals surface area contributed by atoms with E-state index in [1.165, 1.54) is 18.2 Å². The van der Waals surface area contributed by atoms with E-state index in [0.717, 1.165) is 41.1 Å². The maximum atomic E-state index is 13.0. The van der Waals surface area contributed by atoms with Gasteiger partial charge in [0.05, 0.1) is 11.1 Å². The summed E-state index contributed by atoms with van der Waals surface area (Å²) in [6.07, 6.45) is 6.06. The van der Waals surface area contributed by atoms with Crippen LogP contribution < -0.4 is 5.56 Å². The average molecular weight is 406 g/mol. The molecule has 0 aromatic carbocycles. The van der Waals surface area contributed by atoms with Crippen LogP contribution in [0.1, 0.15) is 43.0 Å². The molecule has 1 aliphatic heterocycles. The number of rotatable bonds is 6. The minimum Gasteiger partial charge on any atom is -0.339 e. The van der Waals surface area contributed by atoms with Gasteiger partial charge in [0.25, 0.3) is 5.56 Å². The van der Waals surface area contributed by atoms with Crippen molar-refractivity contribution in [2.75, 3.05) is 12.3 Å². The van der Waals surface area contributed by atoms with Crippen molar-refractivity contribution in [1.29, 1.82) is 0 Å². The number of aromatic nitrogens is 2. The fraction of sp³-hybridized carbons (Fsp3) is 0.550. The Morgan fingerprint density at radius 3 is 2.89 bits per heavy atom. The molecule has 27 heavy (non-hydrogen) atoms. The normalized spacial score (nSPS) is 17.4. The Morgan fingerprint density at radius 2 is 2.19 bits per heavy atom. The number of carbonyl (C=O) groups is 1. The van der Waals surface area contributed by atoms with Crippen molar-refractivity contribution >= 4 is 39.2 Å². The van der Waals surface area contributed by atoms with Gasteiger partial charge >= 0.3 is 0 Å². The summed E-state index contributed by atoms with van der Waals surface area (Å²) >= 11 is 2.91. The lowest BCUT2D eigenvalue weighted by Gasteiger charge is -2.35. The summed E-state index contributed by atoms with van der Waals surface area (Å²) in [7, 11) is 0. The highest BCUT2D eigenvalue weighted by atomic mass is 32.2. The van der Waals surface area contributed by atoms with Gasteiger partial charge in [-0.15, -0.1) is 17.9 Å². The van der Waals surface area contributed by atoms with E-state index >= 15 is 0 Å². The lowest BCUT2D eigenvalue weighted by atomic mass is 10.0. The van der Waals surface area contributed by atoms with E-state index in [1.807, 2.05) is 18.7 Å². The first-order valence-corrected chi connectivity index (χ1v) is 11.3. The van der Waals surface area contributed by atoms with Crippen molar-refractivity contribution in [3.05, 3.63) is 33.4 Å². The number of carbonyl (C=O) groups excluding carboxylic acids is 1. The van der Waals surface area contributed by atoms with Gasteiger partial charge in [-0.25, -0.2) is 4.98 Å². The molecule has 3 rings (SSSR count). The molecule has 146 valence electrons. The number of fused-ring (bicyclic) bond motifs is 1. The summed E-state index contributed by atoms with van der Waals surface area (Å²) in [6, 6.07) is 0.347. The summed E-state index contributed by atoms with van der Waals surface area (Å²) in [4.78, 5) is 34.4. The van der Waals surface area contributed by atoms with Crippen molar-refractivity contribution < 1.29 is 4.79 Å².